The van der Waals surface area contributed by atoms with Gasteiger partial charge in [-0.15, -0.1) is 0 Å². The maximum absolute atomic E-state index is 11.2. The van der Waals surface area contributed by atoms with Crippen LogP contribution in [0.3, 0.4) is 0 Å². The fourth-order valence-corrected chi connectivity index (χ4v) is 1.84. The molecule has 0 saturated carbocycles. The molecule has 1 aromatic rings. The predicted octanol–water partition coefficient (Wildman–Crippen LogP) is 2.29. The average Bonchev–Trinajstić information content (AvgIpc) is 2.60. The van der Waals surface area contributed by atoms with Gasteiger partial charge in [-0.2, -0.15) is 5.10 Å². The van der Waals surface area contributed by atoms with Gasteiger partial charge >= 0.3 is 5.97 Å². The van der Waals surface area contributed by atoms with Gasteiger partial charge in [0.25, 0.3) is 0 Å². The van der Waals surface area contributed by atoms with Gasteiger partial charge in [0, 0.05) is 5.69 Å². The molecular weight excluding hydrogens is 204 g/mol. The van der Waals surface area contributed by atoms with Crippen LogP contribution in [0.5, 0.6) is 0 Å². The zero-order valence-electron chi connectivity index (χ0n) is 10.4. The van der Waals surface area contributed by atoms with Crippen LogP contribution in [0.15, 0.2) is 6.07 Å². The molecule has 0 saturated heterocycles. The number of aryl methyl sites for hydroxylation is 2. The van der Waals surface area contributed by atoms with Gasteiger partial charge in [0.2, 0.25) is 0 Å². The third-order valence-electron chi connectivity index (χ3n) is 2.74. The van der Waals surface area contributed by atoms with E-state index in [2.05, 4.69) is 5.10 Å². The number of carboxylic acids is 1. The van der Waals surface area contributed by atoms with Crippen molar-refractivity contribution >= 4 is 5.97 Å². The predicted molar refractivity (Wildman–Crippen MR) is 62.5 cm³/mol. The second kappa shape index (κ2) is 5.14. The lowest BCUT2D eigenvalue weighted by molar-refractivity contribution is -0.142. The lowest BCUT2D eigenvalue weighted by atomic mass is 10.0. The molecule has 1 heterocycles. The number of rotatable bonds is 5. The normalized spacial score (nSPS) is 13.1. The zero-order valence-corrected chi connectivity index (χ0v) is 10.4. The van der Waals surface area contributed by atoms with Gasteiger partial charge in [0.15, 0.2) is 6.04 Å². The molecule has 0 spiro atoms. The van der Waals surface area contributed by atoms with E-state index in [1.165, 1.54) is 0 Å². The Morgan fingerprint density at radius 2 is 2.06 bits per heavy atom. The fraction of sp³-hybridized carbons (Fsp3) is 0.667. The van der Waals surface area contributed by atoms with Crippen LogP contribution >= 0.6 is 0 Å². The van der Waals surface area contributed by atoms with Gasteiger partial charge < -0.3 is 5.11 Å². The highest BCUT2D eigenvalue weighted by atomic mass is 16.4. The zero-order chi connectivity index (χ0) is 12.3. The van der Waals surface area contributed by atoms with Crippen LogP contribution in [0.1, 0.15) is 45.1 Å². The molecular formula is C12H20N2O2. The molecule has 0 fully saturated rings. The summed E-state index contributed by atoms with van der Waals surface area (Å²) in [5, 5.41) is 13.6. The quantitative estimate of drug-likeness (QED) is 0.834. The Bertz CT molecular complexity index is 369. The van der Waals surface area contributed by atoms with E-state index in [0.29, 0.717) is 0 Å². The van der Waals surface area contributed by atoms with Crippen molar-refractivity contribution in [1.29, 1.82) is 0 Å². The third-order valence-corrected chi connectivity index (χ3v) is 2.74. The van der Waals surface area contributed by atoms with Crippen molar-refractivity contribution in [1.82, 2.24) is 9.78 Å². The minimum Gasteiger partial charge on any atom is -0.480 e. The Morgan fingerprint density at radius 1 is 1.44 bits per heavy atom. The molecule has 1 atom stereocenters. The van der Waals surface area contributed by atoms with Gasteiger partial charge in [0.05, 0.1) is 5.69 Å². The molecule has 1 rings (SSSR count). The topological polar surface area (TPSA) is 55.1 Å². The molecule has 0 aromatic carbocycles. The van der Waals surface area contributed by atoms with Crippen LogP contribution in [0.2, 0.25) is 0 Å². The largest absolute Gasteiger partial charge is 0.480 e. The number of carboxylic acid groups (broad SMARTS) is 1. The number of hydrogen-bond acceptors (Lipinski definition) is 2. The molecule has 4 nitrogen and oxygen atoms in total. The first-order chi connectivity index (χ1) is 7.51. The Kier molecular flexibility index (Phi) is 4.10. The summed E-state index contributed by atoms with van der Waals surface area (Å²) in [6.45, 7) is 7.86. The number of carbonyl (C=O) groups is 1. The summed E-state index contributed by atoms with van der Waals surface area (Å²) >= 11 is 0. The van der Waals surface area contributed by atoms with Gasteiger partial charge in [-0.1, -0.05) is 27.7 Å². The third kappa shape index (κ3) is 2.43. The highest BCUT2D eigenvalue weighted by Crippen LogP contribution is 2.21. The number of nitrogens with zero attached hydrogens (tertiary/aromatic N) is 2. The van der Waals surface area contributed by atoms with E-state index in [4.69, 9.17) is 0 Å². The first kappa shape index (κ1) is 12.7. The van der Waals surface area contributed by atoms with Crippen molar-refractivity contribution in [2.45, 2.75) is 46.6 Å². The van der Waals surface area contributed by atoms with E-state index in [0.717, 1.165) is 24.2 Å². The Hall–Kier alpha value is -1.32. The van der Waals surface area contributed by atoms with Crippen LogP contribution in [-0.4, -0.2) is 20.9 Å². The SMILES string of the molecule is CCc1cc(CC)n(C(C(=O)O)C(C)C)n1. The van der Waals surface area contributed by atoms with E-state index in [1.54, 1.807) is 4.68 Å². The Labute approximate surface area is 96.3 Å². The lowest BCUT2D eigenvalue weighted by Crippen LogP contribution is -2.26. The van der Waals surface area contributed by atoms with Crippen molar-refractivity contribution in [3.05, 3.63) is 17.5 Å². The standard InChI is InChI=1S/C12H20N2O2/c1-5-9-7-10(6-2)14(13-9)11(8(3)4)12(15)16/h7-8,11H,5-6H2,1-4H3,(H,15,16). The Morgan fingerprint density at radius 3 is 2.44 bits per heavy atom. The summed E-state index contributed by atoms with van der Waals surface area (Å²) in [5.41, 5.74) is 1.96. The molecule has 1 aromatic heterocycles. The van der Waals surface area contributed by atoms with Gasteiger partial charge in [-0.25, -0.2) is 4.79 Å². The smallest absolute Gasteiger partial charge is 0.328 e. The molecule has 90 valence electrons. The number of hydrogen-bond donors (Lipinski definition) is 1. The molecule has 0 aliphatic heterocycles. The molecule has 0 amide bonds. The van der Waals surface area contributed by atoms with E-state index in [9.17, 15) is 9.90 Å². The van der Waals surface area contributed by atoms with Crippen LogP contribution < -0.4 is 0 Å². The Balaban J connectivity index is 3.17. The molecule has 0 bridgehead atoms. The van der Waals surface area contributed by atoms with Gasteiger partial charge in [0.1, 0.15) is 0 Å². The summed E-state index contributed by atoms with van der Waals surface area (Å²) in [7, 11) is 0. The summed E-state index contributed by atoms with van der Waals surface area (Å²) in [6.07, 6.45) is 1.65. The van der Waals surface area contributed by atoms with E-state index in [-0.39, 0.29) is 5.92 Å². The second-order valence-corrected chi connectivity index (χ2v) is 4.31. The van der Waals surface area contributed by atoms with Crippen LogP contribution in [0, 0.1) is 5.92 Å². The highest BCUT2D eigenvalue weighted by Gasteiger charge is 2.26. The monoisotopic (exact) mass is 224 g/mol. The van der Waals surface area contributed by atoms with Gasteiger partial charge in [-0.3, -0.25) is 4.68 Å². The fourth-order valence-electron chi connectivity index (χ4n) is 1.84. The molecule has 0 aliphatic rings. The van der Waals surface area contributed by atoms with Crippen LogP contribution in [0.25, 0.3) is 0 Å². The van der Waals surface area contributed by atoms with E-state index >= 15 is 0 Å². The van der Waals surface area contributed by atoms with Crippen LogP contribution in [-0.2, 0) is 17.6 Å². The second-order valence-electron chi connectivity index (χ2n) is 4.31. The summed E-state index contributed by atoms with van der Waals surface area (Å²) in [5.74, 6) is -0.775. The lowest BCUT2D eigenvalue weighted by Gasteiger charge is -2.19. The molecule has 1 N–H and O–H groups in total. The summed E-state index contributed by atoms with van der Waals surface area (Å²) < 4.78 is 1.67. The molecule has 1 unspecified atom stereocenters. The summed E-state index contributed by atoms with van der Waals surface area (Å²) in [6, 6.07) is 1.44. The maximum atomic E-state index is 11.2. The minimum atomic E-state index is -0.810. The van der Waals surface area contributed by atoms with Gasteiger partial charge in [-0.05, 0) is 24.8 Å². The summed E-state index contributed by atoms with van der Waals surface area (Å²) in [4.78, 5) is 11.2. The highest BCUT2D eigenvalue weighted by molar-refractivity contribution is 5.72. The molecule has 0 radical (unpaired) electrons. The first-order valence-electron chi connectivity index (χ1n) is 5.81. The first-order valence-corrected chi connectivity index (χ1v) is 5.81. The van der Waals surface area contributed by atoms with Crippen molar-refractivity contribution in [3.8, 4) is 0 Å². The maximum Gasteiger partial charge on any atom is 0.328 e. The van der Waals surface area contributed by atoms with Crippen LogP contribution in [0.4, 0.5) is 0 Å². The molecule has 4 heteroatoms. The van der Waals surface area contributed by atoms with E-state index in [1.807, 2.05) is 33.8 Å². The van der Waals surface area contributed by atoms with E-state index < -0.39 is 12.0 Å². The minimum absolute atomic E-state index is 0.0346. The van der Waals surface area contributed by atoms with Crippen molar-refractivity contribution in [2.75, 3.05) is 0 Å². The molecule has 0 aliphatic carbocycles. The number of aromatic nitrogens is 2. The average molecular weight is 224 g/mol. The van der Waals surface area contributed by atoms with Crippen molar-refractivity contribution in [3.63, 3.8) is 0 Å². The van der Waals surface area contributed by atoms with Crippen molar-refractivity contribution in [2.24, 2.45) is 5.92 Å². The molecule has 16 heavy (non-hydrogen) atoms. The van der Waals surface area contributed by atoms with Crippen molar-refractivity contribution < 1.29 is 9.90 Å². The number of aliphatic carboxylic acids is 1.